The molecule has 7 heteroatoms. The van der Waals surface area contributed by atoms with E-state index in [-0.39, 0.29) is 5.91 Å². The summed E-state index contributed by atoms with van der Waals surface area (Å²) in [5.41, 5.74) is 6.26. The maximum absolute atomic E-state index is 12.3. The quantitative estimate of drug-likeness (QED) is 0.417. The molecule has 144 valence electrons. The molecule has 3 aromatic heterocycles. The molecule has 1 N–H and O–H groups in total. The van der Waals surface area contributed by atoms with Gasteiger partial charge in [0.1, 0.15) is 17.2 Å². The molecule has 0 aliphatic carbocycles. The van der Waals surface area contributed by atoms with Crippen molar-refractivity contribution in [1.82, 2.24) is 20.2 Å². The van der Waals surface area contributed by atoms with Gasteiger partial charge in [0, 0.05) is 29.7 Å². The molecule has 0 atom stereocenters. The molecule has 0 saturated heterocycles. The number of furan rings is 1. The molecule has 0 aliphatic rings. The van der Waals surface area contributed by atoms with Gasteiger partial charge in [-0.15, -0.1) is 0 Å². The summed E-state index contributed by atoms with van der Waals surface area (Å²) < 4.78 is 7.17. The Morgan fingerprint density at radius 2 is 2.00 bits per heavy atom. The molecule has 0 saturated carbocycles. The Balaban J connectivity index is 1.63. The number of aromatic nitrogens is 3. The number of benzene rings is 1. The number of hydrogen-bond acceptors (Lipinski definition) is 5. The highest BCUT2D eigenvalue weighted by Crippen LogP contribution is 2.21. The van der Waals surface area contributed by atoms with Crippen molar-refractivity contribution in [3.05, 3.63) is 89.8 Å². The Morgan fingerprint density at radius 3 is 2.69 bits per heavy atom. The summed E-state index contributed by atoms with van der Waals surface area (Å²) in [6.07, 6.45) is 6.89. The van der Waals surface area contributed by atoms with Crippen LogP contribution in [0.4, 0.5) is 0 Å². The van der Waals surface area contributed by atoms with E-state index >= 15 is 0 Å². The molecule has 1 aromatic carbocycles. The summed E-state index contributed by atoms with van der Waals surface area (Å²) in [5.74, 6) is 0.914. The van der Waals surface area contributed by atoms with Gasteiger partial charge in [-0.1, -0.05) is 18.2 Å². The Morgan fingerprint density at radius 1 is 1.17 bits per heavy atom. The molecule has 0 spiro atoms. The van der Waals surface area contributed by atoms with Crippen molar-refractivity contribution in [2.45, 2.75) is 13.8 Å². The summed E-state index contributed by atoms with van der Waals surface area (Å²) in [6, 6.07) is 15.2. The number of carbonyl (C=O) groups is 1. The highest BCUT2D eigenvalue weighted by molar-refractivity contribution is 5.96. The predicted molar refractivity (Wildman–Crippen MR) is 110 cm³/mol. The van der Waals surface area contributed by atoms with Gasteiger partial charge >= 0.3 is 0 Å². The topological polar surface area (TPSA) is 85.3 Å². The molecule has 0 fully saturated rings. The molecule has 0 radical (unpaired) electrons. The van der Waals surface area contributed by atoms with Crippen LogP contribution in [0.3, 0.4) is 0 Å². The first-order valence-electron chi connectivity index (χ1n) is 9.08. The van der Waals surface area contributed by atoms with E-state index in [9.17, 15) is 4.79 Å². The Bertz CT molecular complexity index is 1160. The monoisotopic (exact) mass is 385 g/mol. The normalized spacial score (nSPS) is 11.1. The van der Waals surface area contributed by atoms with Crippen LogP contribution in [0.5, 0.6) is 0 Å². The van der Waals surface area contributed by atoms with E-state index in [1.54, 1.807) is 43.2 Å². The fourth-order valence-electron chi connectivity index (χ4n) is 3.00. The lowest BCUT2D eigenvalue weighted by Gasteiger charge is -2.00. The Hall–Kier alpha value is -4.00. The molecule has 7 nitrogen and oxygen atoms in total. The van der Waals surface area contributed by atoms with Crippen molar-refractivity contribution in [3.8, 4) is 16.9 Å². The zero-order valence-electron chi connectivity index (χ0n) is 16.0. The molecule has 0 aliphatic heterocycles. The molecular formula is C22H19N5O2. The zero-order chi connectivity index (χ0) is 20.2. The minimum Gasteiger partial charge on any atom is -0.466 e. The molecule has 29 heavy (non-hydrogen) atoms. The number of amides is 1. The number of carbonyl (C=O) groups excluding carboxylic acids is 1. The van der Waals surface area contributed by atoms with Crippen molar-refractivity contribution >= 4 is 12.1 Å². The van der Waals surface area contributed by atoms with Gasteiger partial charge in [0.05, 0.1) is 17.5 Å². The number of aryl methyl sites for hydroxylation is 2. The van der Waals surface area contributed by atoms with Gasteiger partial charge in [0.15, 0.2) is 0 Å². The Kier molecular flexibility index (Phi) is 5.03. The van der Waals surface area contributed by atoms with E-state index in [1.165, 1.54) is 0 Å². The molecule has 4 rings (SSSR count). The number of nitrogens with one attached hydrogen (secondary N) is 1. The van der Waals surface area contributed by atoms with Crippen molar-refractivity contribution in [2.24, 2.45) is 5.10 Å². The van der Waals surface area contributed by atoms with E-state index < -0.39 is 0 Å². The number of rotatable bonds is 5. The average Bonchev–Trinajstić information content (AvgIpc) is 3.32. The summed E-state index contributed by atoms with van der Waals surface area (Å²) in [7, 11) is 0. The van der Waals surface area contributed by atoms with E-state index in [4.69, 9.17) is 4.42 Å². The lowest BCUT2D eigenvalue weighted by molar-refractivity contribution is 0.0953. The van der Waals surface area contributed by atoms with Crippen LogP contribution in [0.2, 0.25) is 0 Å². The van der Waals surface area contributed by atoms with Crippen LogP contribution < -0.4 is 5.43 Å². The molecule has 1 amide bonds. The molecular weight excluding hydrogens is 366 g/mol. The molecule has 3 heterocycles. The zero-order valence-corrected chi connectivity index (χ0v) is 16.0. The first kappa shape index (κ1) is 18.4. The van der Waals surface area contributed by atoms with Gasteiger partial charge in [-0.2, -0.15) is 10.2 Å². The van der Waals surface area contributed by atoms with Crippen molar-refractivity contribution in [1.29, 1.82) is 0 Å². The third-order valence-electron chi connectivity index (χ3n) is 4.35. The smallest absolute Gasteiger partial charge is 0.274 e. The second-order valence-corrected chi connectivity index (χ2v) is 6.48. The minimum atomic E-state index is -0.325. The van der Waals surface area contributed by atoms with E-state index in [0.29, 0.717) is 17.1 Å². The average molecular weight is 385 g/mol. The third kappa shape index (κ3) is 3.98. The standard InChI is InChI=1S/C22H19N5O2/c1-15-11-20(16(2)29-15)22(28)25-24-13-18-14-27(19-8-4-3-5-9-19)26-21(18)17-7-6-10-23-12-17/h3-14H,1-2H3,(H,25,28)/b24-13-. The predicted octanol–water partition coefficient (Wildman–Crippen LogP) is 3.91. The number of para-hydroxylation sites is 1. The summed E-state index contributed by atoms with van der Waals surface area (Å²) in [6.45, 7) is 3.54. The largest absolute Gasteiger partial charge is 0.466 e. The number of pyridine rings is 1. The summed E-state index contributed by atoms with van der Waals surface area (Å²) in [5, 5.41) is 8.80. The lowest BCUT2D eigenvalue weighted by atomic mass is 10.1. The van der Waals surface area contributed by atoms with E-state index in [0.717, 1.165) is 22.5 Å². The third-order valence-corrected chi connectivity index (χ3v) is 4.35. The van der Waals surface area contributed by atoms with E-state index in [1.807, 2.05) is 48.7 Å². The van der Waals surface area contributed by atoms with Gasteiger partial charge in [-0.25, -0.2) is 10.1 Å². The van der Waals surface area contributed by atoms with E-state index in [2.05, 4.69) is 20.6 Å². The molecule has 0 unspecified atom stereocenters. The first-order chi connectivity index (χ1) is 14.1. The molecule has 4 aromatic rings. The van der Waals surface area contributed by atoms with Crippen LogP contribution in [0.15, 0.2) is 76.6 Å². The van der Waals surface area contributed by atoms with Gasteiger partial charge in [0.25, 0.3) is 5.91 Å². The maximum atomic E-state index is 12.3. The number of hydrogen-bond donors (Lipinski definition) is 1. The fourth-order valence-corrected chi connectivity index (χ4v) is 3.00. The van der Waals surface area contributed by atoms with Crippen molar-refractivity contribution in [2.75, 3.05) is 0 Å². The van der Waals surface area contributed by atoms with Crippen LogP contribution in [-0.4, -0.2) is 26.9 Å². The minimum absolute atomic E-state index is 0.325. The molecule has 0 bridgehead atoms. The summed E-state index contributed by atoms with van der Waals surface area (Å²) >= 11 is 0. The van der Waals surface area contributed by atoms with Gasteiger partial charge in [-0.3, -0.25) is 9.78 Å². The second-order valence-electron chi connectivity index (χ2n) is 6.48. The summed E-state index contributed by atoms with van der Waals surface area (Å²) in [4.78, 5) is 16.5. The highest BCUT2D eigenvalue weighted by atomic mass is 16.3. The van der Waals surface area contributed by atoms with Gasteiger partial charge in [-0.05, 0) is 44.2 Å². The highest BCUT2D eigenvalue weighted by Gasteiger charge is 2.14. The Labute approximate surface area is 167 Å². The van der Waals surface area contributed by atoms with Crippen LogP contribution in [0, 0.1) is 13.8 Å². The van der Waals surface area contributed by atoms with Crippen molar-refractivity contribution < 1.29 is 9.21 Å². The van der Waals surface area contributed by atoms with Crippen LogP contribution in [-0.2, 0) is 0 Å². The van der Waals surface area contributed by atoms with Gasteiger partial charge < -0.3 is 4.42 Å². The van der Waals surface area contributed by atoms with Gasteiger partial charge in [0.2, 0.25) is 0 Å². The fraction of sp³-hybridized carbons (Fsp3) is 0.0909. The number of nitrogens with zero attached hydrogens (tertiary/aromatic N) is 4. The van der Waals surface area contributed by atoms with Crippen molar-refractivity contribution in [3.63, 3.8) is 0 Å². The second kappa shape index (κ2) is 7.93. The maximum Gasteiger partial charge on any atom is 0.274 e. The first-order valence-corrected chi connectivity index (χ1v) is 9.08. The van der Waals surface area contributed by atoms with Crippen LogP contribution in [0.1, 0.15) is 27.4 Å². The van der Waals surface area contributed by atoms with Crippen LogP contribution >= 0.6 is 0 Å². The van der Waals surface area contributed by atoms with Crippen LogP contribution in [0.25, 0.3) is 16.9 Å². The lowest BCUT2D eigenvalue weighted by Crippen LogP contribution is -2.17. The SMILES string of the molecule is Cc1cc(C(=O)N/N=C\c2cn(-c3ccccc3)nc2-c2cccnc2)c(C)o1. The number of hydrazone groups is 1.